The van der Waals surface area contributed by atoms with Gasteiger partial charge in [0.1, 0.15) is 17.9 Å². The number of amides is 1. The van der Waals surface area contributed by atoms with E-state index < -0.39 is 11.0 Å². The number of nitro benzene ring substituents is 1. The molecular formula is C25H25N7O4. The van der Waals surface area contributed by atoms with Gasteiger partial charge in [-0.15, -0.1) is 0 Å². The number of ether oxygens (including phenoxy) is 1. The molecule has 1 saturated heterocycles. The summed E-state index contributed by atoms with van der Waals surface area (Å²) in [6, 6.07) is 15.2. The number of rotatable bonds is 7. The van der Waals surface area contributed by atoms with Gasteiger partial charge in [0, 0.05) is 38.0 Å². The number of non-ortho nitro benzene ring substituents is 1. The number of aromatic nitrogens is 4. The monoisotopic (exact) mass is 487 g/mol. The van der Waals surface area contributed by atoms with Crippen LogP contribution in [-0.4, -0.2) is 55.1 Å². The molecule has 1 unspecified atom stereocenters. The number of anilines is 1. The first kappa shape index (κ1) is 23.2. The number of nitro groups is 1. The normalized spacial score (nSPS) is 15.6. The highest BCUT2D eigenvalue weighted by molar-refractivity contribution is 5.76. The number of hydrogen-bond donors (Lipinski definition) is 1. The Morgan fingerprint density at radius 1 is 1.14 bits per heavy atom. The summed E-state index contributed by atoms with van der Waals surface area (Å²) in [4.78, 5) is 38.0. The molecule has 1 fully saturated rings. The second-order valence-electron chi connectivity index (χ2n) is 8.63. The minimum atomic E-state index is -0.490. The topological polar surface area (TPSA) is 128 Å². The van der Waals surface area contributed by atoms with Crippen molar-refractivity contribution in [2.24, 2.45) is 5.92 Å². The van der Waals surface area contributed by atoms with Gasteiger partial charge in [-0.3, -0.25) is 14.7 Å². The number of para-hydroxylation sites is 2. The third-order valence-corrected chi connectivity index (χ3v) is 6.21. The van der Waals surface area contributed by atoms with Gasteiger partial charge in [-0.05, 0) is 55.5 Å². The molecule has 1 aliphatic rings. The van der Waals surface area contributed by atoms with E-state index in [2.05, 4.69) is 20.3 Å². The number of carbonyl (C=O) groups is 1. The fraction of sp³-hybridized carbons (Fsp3) is 0.280. The van der Waals surface area contributed by atoms with Crippen LogP contribution < -0.4 is 10.1 Å². The van der Waals surface area contributed by atoms with Crippen molar-refractivity contribution in [3.8, 4) is 11.6 Å². The summed E-state index contributed by atoms with van der Waals surface area (Å²) in [5.74, 6) is 1.88. The maximum Gasteiger partial charge on any atom is 0.415 e. The Morgan fingerprint density at radius 3 is 2.81 bits per heavy atom. The molecule has 0 saturated carbocycles. The maximum absolute atomic E-state index is 12.6. The molecule has 11 nitrogen and oxygen atoms in total. The number of likely N-dealkylation sites (tertiary alicyclic amines) is 1. The highest BCUT2D eigenvalue weighted by Gasteiger charge is 2.25. The van der Waals surface area contributed by atoms with E-state index in [1.807, 2.05) is 34.9 Å². The smallest absolute Gasteiger partial charge is 0.410 e. The summed E-state index contributed by atoms with van der Waals surface area (Å²) >= 11 is 0. The van der Waals surface area contributed by atoms with Gasteiger partial charge in [-0.2, -0.15) is 4.98 Å². The standard InChI is InChI=1S/C25H25N7O4/c33-25(36-20-9-7-19(8-10-20)32(34)35)30-15-3-4-18(16-30)11-13-26-24-27-14-12-23(29-24)31-17-28-21-5-1-2-6-22(21)31/h1-2,5-10,12,14,17-18H,3-4,11,13,15-16H2,(H,26,27,29). The second-order valence-corrected chi connectivity index (χ2v) is 8.63. The van der Waals surface area contributed by atoms with Crippen molar-refractivity contribution in [3.05, 3.63) is 77.2 Å². The number of benzene rings is 2. The van der Waals surface area contributed by atoms with Crippen molar-refractivity contribution in [2.75, 3.05) is 25.0 Å². The third-order valence-electron chi connectivity index (χ3n) is 6.21. The Morgan fingerprint density at radius 2 is 1.97 bits per heavy atom. The molecule has 0 aliphatic carbocycles. The molecule has 184 valence electrons. The van der Waals surface area contributed by atoms with Crippen molar-refractivity contribution >= 4 is 28.8 Å². The quantitative estimate of drug-likeness (QED) is 0.299. The van der Waals surface area contributed by atoms with Crippen LogP contribution in [-0.2, 0) is 0 Å². The number of imidazole rings is 1. The first-order valence-electron chi connectivity index (χ1n) is 11.8. The van der Waals surface area contributed by atoms with Crippen molar-refractivity contribution in [3.63, 3.8) is 0 Å². The minimum Gasteiger partial charge on any atom is -0.410 e. The highest BCUT2D eigenvalue weighted by atomic mass is 16.6. The van der Waals surface area contributed by atoms with Gasteiger partial charge in [0.15, 0.2) is 0 Å². The van der Waals surface area contributed by atoms with Crippen molar-refractivity contribution in [1.82, 2.24) is 24.4 Å². The van der Waals surface area contributed by atoms with E-state index in [1.54, 1.807) is 17.4 Å². The fourth-order valence-electron chi connectivity index (χ4n) is 4.37. The zero-order chi connectivity index (χ0) is 24.9. The minimum absolute atomic E-state index is 0.0479. The van der Waals surface area contributed by atoms with Crippen LogP contribution in [0.5, 0.6) is 5.75 Å². The molecule has 36 heavy (non-hydrogen) atoms. The molecule has 11 heteroatoms. The Bertz CT molecular complexity index is 1370. The summed E-state index contributed by atoms with van der Waals surface area (Å²) in [7, 11) is 0. The Hall–Kier alpha value is -4.54. The SMILES string of the molecule is O=C(Oc1ccc([N+](=O)[O-])cc1)N1CCCC(CCNc2nccc(-n3cnc4ccccc43)n2)C1. The molecule has 5 rings (SSSR count). The number of nitrogens with one attached hydrogen (secondary N) is 1. The van der Waals surface area contributed by atoms with Gasteiger partial charge in [-0.1, -0.05) is 12.1 Å². The first-order chi connectivity index (χ1) is 17.6. The van der Waals surface area contributed by atoms with Crippen LogP contribution in [0.4, 0.5) is 16.4 Å². The maximum atomic E-state index is 12.6. The predicted octanol–water partition coefficient (Wildman–Crippen LogP) is 4.44. The number of hydrogen-bond acceptors (Lipinski definition) is 8. The molecule has 3 heterocycles. The van der Waals surface area contributed by atoms with E-state index in [4.69, 9.17) is 4.74 Å². The zero-order valence-corrected chi connectivity index (χ0v) is 19.5. The molecule has 0 bridgehead atoms. The van der Waals surface area contributed by atoms with Crippen LogP contribution >= 0.6 is 0 Å². The van der Waals surface area contributed by atoms with Gasteiger partial charge in [-0.25, -0.2) is 14.8 Å². The van der Waals surface area contributed by atoms with Gasteiger partial charge in [0.2, 0.25) is 5.95 Å². The predicted molar refractivity (Wildman–Crippen MR) is 133 cm³/mol. The summed E-state index contributed by atoms with van der Waals surface area (Å²) < 4.78 is 7.34. The molecule has 1 atom stereocenters. The Balaban J connectivity index is 1.14. The lowest BCUT2D eigenvalue weighted by atomic mass is 9.95. The first-order valence-corrected chi connectivity index (χ1v) is 11.8. The molecule has 0 radical (unpaired) electrons. The van der Waals surface area contributed by atoms with Gasteiger partial charge in [0.25, 0.3) is 5.69 Å². The summed E-state index contributed by atoms with van der Waals surface area (Å²) in [6.07, 6.45) is 5.79. The van der Waals surface area contributed by atoms with Crippen LogP contribution in [0.1, 0.15) is 19.3 Å². The number of piperidine rings is 1. The summed E-state index contributed by atoms with van der Waals surface area (Å²) in [5, 5.41) is 14.1. The molecule has 2 aromatic heterocycles. The molecule has 1 amide bonds. The Kier molecular flexibility index (Phi) is 6.69. The number of nitrogens with zero attached hydrogens (tertiary/aromatic N) is 6. The van der Waals surface area contributed by atoms with Crippen LogP contribution in [0, 0.1) is 16.0 Å². The zero-order valence-electron chi connectivity index (χ0n) is 19.5. The summed E-state index contributed by atoms with van der Waals surface area (Å²) in [6.45, 7) is 1.89. The lowest BCUT2D eigenvalue weighted by Gasteiger charge is -2.32. The lowest BCUT2D eigenvalue weighted by Crippen LogP contribution is -2.41. The van der Waals surface area contributed by atoms with Gasteiger partial charge >= 0.3 is 6.09 Å². The number of fused-ring (bicyclic) bond motifs is 1. The molecule has 1 aliphatic heterocycles. The van der Waals surface area contributed by atoms with E-state index in [0.29, 0.717) is 31.5 Å². The molecular weight excluding hydrogens is 462 g/mol. The van der Waals surface area contributed by atoms with Crippen molar-refractivity contribution < 1.29 is 14.5 Å². The van der Waals surface area contributed by atoms with Crippen LogP contribution in [0.3, 0.4) is 0 Å². The van der Waals surface area contributed by atoms with E-state index in [0.717, 1.165) is 36.1 Å². The van der Waals surface area contributed by atoms with Gasteiger partial charge in [0.05, 0.1) is 16.0 Å². The molecule has 0 spiro atoms. The average molecular weight is 488 g/mol. The van der Waals surface area contributed by atoms with Crippen LogP contribution in [0.15, 0.2) is 67.1 Å². The van der Waals surface area contributed by atoms with E-state index in [9.17, 15) is 14.9 Å². The van der Waals surface area contributed by atoms with Crippen molar-refractivity contribution in [2.45, 2.75) is 19.3 Å². The molecule has 4 aromatic rings. The third kappa shape index (κ3) is 5.24. The van der Waals surface area contributed by atoms with E-state index in [1.165, 1.54) is 24.3 Å². The lowest BCUT2D eigenvalue weighted by molar-refractivity contribution is -0.384. The van der Waals surface area contributed by atoms with Crippen molar-refractivity contribution in [1.29, 1.82) is 0 Å². The molecule has 2 aromatic carbocycles. The van der Waals surface area contributed by atoms with Gasteiger partial charge < -0.3 is 15.0 Å². The highest BCUT2D eigenvalue weighted by Crippen LogP contribution is 2.23. The Labute approximate surface area is 206 Å². The molecule has 1 N–H and O–H groups in total. The summed E-state index contributed by atoms with van der Waals surface area (Å²) in [5.41, 5.74) is 1.83. The number of carbonyl (C=O) groups excluding carboxylic acids is 1. The van der Waals surface area contributed by atoms with Crippen LogP contribution in [0.2, 0.25) is 0 Å². The van der Waals surface area contributed by atoms with E-state index in [-0.39, 0.29) is 11.4 Å². The van der Waals surface area contributed by atoms with E-state index >= 15 is 0 Å². The fourth-order valence-corrected chi connectivity index (χ4v) is 4.37. The second kappa shape index (κ2) is 10.4. The largest absolute Gasteiger partial charge is 0.415 e. The average Bonchev–Trinajstić information content (AvgIpc) is 3.34. The van der Waals surface area contributed by atoms with Crippen LogP contribution in [0.25, 0.3) is 16.9 Å².